The largest absolute Gasteiger partial charge is 0.497 e. The topological polar surface area (TPSA) is 55.8 Å². The molecule has 0 radical (unpaired) electrons. The highest BCUT2D eigenvalue weighted by Crippen LogP contribution is 2.31. The van der Waals surface area contributed by atoms with Crippen LogP contribution in [0.4, 0.5) is 0 Å². The molecule has 0 saturated carbocycles. The van der Waals surface area contributed by atoms with Gasteiger partial charge in [-0.1, -0.05) is 24.3 Å². The Kier molecular flexibility index (Phi) is 4.11. The van der Waals surface area contributed by atoms with Gasteiger partial charge in [-0.15, -0.1) is 0 Å². The van der Waals surface area contributed by atoms with Crippen molar-refractivity contribution < 1.29 is 19.4 Å². The standard InChI is InChI=1S/C18H18O4/c1-21-13-5-2-4-12(10-13)17(20)11-22-18-7-3-6-14-15(18)8-9-16(14)19/h2-7,10,17,20H,8-9,11H2,1H3. The highest BCUT2D eigenvalue weighted by Gasteiger charge is 2.23. The molecule has 0 heterocycles. The van der Waals surface area contributed by atoms with Crippen LogP contribution in [0.2, 0.25) is 0 Å². The lowest BCUT2D eigenvalue weighted by atomic mass is 10.1. The second kappa shape index (κ2) is 6.20. The molecule has 0 bridgehead atoms. The van der Waals surface area contributed by atoms with Gasteiger partial charge in [0, 0.05) is 17.5 Å². The number of aliphatic hydroxyl groups is 1. The maximum absolute atomic E-state index is 11.7. The summed E-state index contributed by atoms with van der Waals surface area (Å²) < 4.78 is 10.9. The Labute approximate surface area is 129 Å². The van der Waals surface area contributed by atoms with Crippen LogP contribution in [0.3, 0.4) is 0 Å². The Morgan fingerprint density at radius 2 is 2.00 bits per heavy atom. The van der Waals surface area contributed by atoms with Gasteiger partial charge in [-0.25, -0.2) is 0 Å². The fraction of sp³-hybridized carbons (Fsp3) is 0.278. The van der Waals surface area contributed by atoms with Gasteiger partial charge < -0.3 is 14.6 Å². The molecular formula is C18H18O4. The molecule has 1 atom stereocenters. The van der Waals surface area contributed by atoms with Gasteiger partial charge in [0.1, 0.15) is 24.2 Å². The predicted octanol–water partition coefficient (Wildman–Crippen LogP) is 2.94. The maximum atomic E-state index is 11.7. The molecule has 2 aromatic carbocycles. The summed E-state index contributed by atoms with van der Waals surface area (Å²) in [7, 11) is 1.59. The summed E-state index contributed by atoms with van der Waals surface area (Å²) in [6, 6.07) is 12.8. The fourth-order valence-corrected chi connectivity index (χ4v) is 2.71. The molecule has 1 aliphatic rings. The zero-order valence-electron chi connectivity index (χ0n) is 12.4. The van der Waals surface area contributed by atoms with Crippen molar-refractivity contribution >= 4 is 5.78 Å². The van der Waals surface area contributed by atoms with Gasteiger partial charge in [-0.3, -0.25) is 4.79 Å². The normalized spacial score (nSPS) is 14.5. The van der Waals surface area contributed by atoms with Gasteiger partial charge >= 0.3 is 0 Å². The Balaban J connectivity index is 1.71. The average Bonchev–Trinajstić information content (AvgIpc) is 2.94. The van der Waals surface area contributed by atoms with Gasteiger partial charge in [0.05, 0.1) is 7.11 Å². The first-order valence-electron chi connectivity index (χ1n) is 7.29. The lowest BCUT2D eigenvalue weighted by Gasteiger charge is -2.15. The fourth-order valence-electron chi connectivity index (χ4n) is 2.71. The molecule has 22 heavy (non-hydrogen) atoms. The number of carbonyl (C=O) groups is 1. The number of aliphatic hydroxyl groups excluding tert-OH is 1. The molecule has 1 unspecified atom stereocenters. The third-order valence-corrected chi connectivity index (χ3v) is 3.91. The van der Waals surface area contributed by atoms with Crippen LogP contribution in [-0.4, -0.2) is 24.6 Å². The molecular weight excluding hydrogens is 280 g/mol. The number of ketones is 1. The number of methoxy groups -OCH3 is 1. The van der Waals surface area contributed by atoms with Crippen LogP contribution in [0.25, 0.3) is 0 Å². The van der Waals surface area contributed by atoms with Crippen molar-refractivity contribution in [2.45, 2.75) is 18.9 Å². The number of ether oxygens (including phenoxy) is 2. The monoisotopic (exact) mass is 298 g/mol. The molecule has 0 spiro atoms. The average molecular weight is 298 g/mol. The molecule has 3 rings (SSSR count). The third-order valence-electron chi connectivity index (χ3n) is 3.91. The zero-order chi connectivity index (χ0) is 15.5. The van der Waals surface area contributed by atoms with Crippen LogP contribution in [0.1, 0.15) is 34.0 Å². The van der Waals surface area contributed by atoms with E-state index in [0.29, 0.717) is 24.3 Å². The molecule has 0 aromatic heterocycles. The number of fused-ring (bicyclic) bond motifs is 1. The van der Waals surface area contributed by atoms with E-state index < -0.39 is 6.10 Å². The van der Waals surface area contributed by atoms with Gasteiger partial charge in [0.25, 0.3) is 0 Å². The molecule has 1 aliphatic carbocycles. The lowest BCUT2D eigenvalue weighted by molar-refractivity contribution is 0.0994. The van der Waals surface area contributed by atoms with E-state index in [1.165, 1.54) is 0 Å². The molecule has 1 N–H and O–H groups in total. The van der Waals surface area contributed by atoms with Crippen molar-refractivity contribution in [3.63, 3.8) is 0 Å². The predicted molar refractivity (Wildman–Crippen MR) is 82.5 cm³/mol. The first-order valence-corrected chi connectivity index (χ1v) is 7.29. The minimum atomic E-state index is -0.747. The molecule has 114 valence electrons. The molecule has 0 amide bonds. The highest BCUT2D eigenvalue weighted by atomic mass is 16.5. The Morgan fingerprint density at radius 1 is 1.18 bits per heavy atom. The lowest BCUT2D eigenvalue weighted by Crippen LogP contribution is -2.10. The number of hydrogen-bond acceptors (Lipinski definition) is 4. The van der Waals surface area contributed by atoms with E-state index in [2.05, 4.69) is 0 Å². The summed E-state index contributed by atoms with van der Waals surface area (Å²) in [5.41, 5.74) is 2.43. The summed E-state index contributed by atoms with van der Waals surface area (Å²) in [5, 5.41) is 10.3. The number of Topliss-reactive ketones (excluding diaryl/α,β-unsaturated/α-hetero) is 1. The zero-order valence-corrected chi connectivity index (χ0v) is 12.4. The summed E-state index contributed by atoms with van der Waals surface area (Å²) in [5.74, 6) is 1.54. The Hall–Kier alpha value is -2.33. The summed E-state index contributed by atoms with van der Waals surface area (Å²) in [4.78, 5) is 11.7. The molecule has 4 nitrogen and oxygen atoms in total. The van der Waals surface area contributed by atoms with E-state index in [4.69, 9.17) is 9.47 Å². The van der Waals surface area contributed by atoms with E-state index in [1.807, 2.05) is 36.4 Å². The van der Waals surface area contributed by atoms with Crippen molar-refractivity contribution in [2.24, 2.45) is 0 Å². The summed E-state index contributed by atoms with van der Waals surface area (Å²) in [6.07, 6.45) is 0.497. The van der Waals surface area contributed by atoms with Crippen molar-refractivity contribution in [1.82, 2.24) is 0 Å². The minimum absolute atomic E-state index is 0.137. The van der Waals surface area contributed by atoms with Crippen molar-refractivity contribution in [1.29, 1.82) is 0 Å². The summed E-state index contributed by atoms with van der Waals surface area (Å²) in [6.45, 7) is 0.137. The Bertz CT molecular complexity index is 693. The SMILES string of the molecule is COc1cccc(C(O)COc2cccc3c2CCC3=O)c1. The number of hydrogen-bond donors (Lipinski definition) is 1. The van der Waals surface area contributed by atoms with Crippen LogP contribution in [0.15, 0.2) is 42.5 Å². The first kappa shape index (κ1) is 14.6. The van der Waals surface area contributed by atoms with Crippen molar-refractivity contribution in [3.8, 4) is 11.5 Å². The minimum Gasteiger partial charge on any atom is -0.497 e. The molecule has 0 fully saturated rings. The van der Waals surface area contributed by atoms with Gasteiger partial charge in [-0.2, -0.15) is 0 Å². The molecule has 4 heteroatoms. The molecule has 0 saturated heterocycles. The second-order valence-corrected chi connectivity index (χ2v) is 5.31. The van der Waals surface area contributed by atoms with Crippen LogP contribution in [-0.2, 0) is 6.42 Å². The number of rotatable bonds is 5. The van der Waals surface area contributed by atoms with E-state index in [-0.39, 0.29) is 12.4 Å². The van der Waals surface area contributed by atoms with Crippen LogP contribution < -0.4 is 9.47 Å². The van der Waals surface area contributed by atoms with E-state index >= 15 is 0 Å². The maximum Gasteiger partial charge on any atom is 0.163 e. The van der Waals surface area contributed by atoms with Crippen LogP contribution in [0.5, 0.6) is 11.5 Å². The van der Waals surface area contributed by atoms with Crippen LogP contribution in [0, 0.1) is 0 Å². The Morgan fingerprint density at radius 3 is 2.82 bits per heavy atom. The number of carbonyl (C=O) groups excluding carboxylic acids is 1. The van der Waals surface area contributed by atoms with Gasteiger partial charge in [0.2, 0.25) is 0 Å². The van der Waals surface area contributed by atoms with Gasteiger partial charge in [0.15, 0.2) is 5.78 Å². The van der Waals surface area contributed by atoms with Crippen molar-refractivity contribution in [2.75, 3.05) is 13.7 Å². The smallest absolute Gasteiger partial charge is 0.163 e. The second-order valence-electron chi connectivity index (χ2n) is 5.31. The van der Waals surface area contributed by atoms with E-state index in [1.54, 1.807) is 13.2 Å². The highest BCUT2D eigenvalue weighted by molar-refractivity contribution is 6.01. The molecule has 2 aromatic rings. The number of benzene rings is 2. The first-order chi connectivity index (χ1) is 10.7. The van der Waals surface area contributed by atoms with Crippen molar-refractivity contribution in [3.05, 3.63) is 59.2 Å². The van der Waals surface area contributed by atoms with E-state index in [0.717, 1.165) is 16.7 Å². The van der Waals surface area contributed by atoms with Crippen LogP contribution >= 0.6 is 0 Å². The van der Waals surface area contributed by atoms with Gasteiger partial charge in [-0.05, 0) is 30.2 Å². The summed E-state index contributed by atoms with van der Waals surface area (Å²) >= 11 is 0. The molecule has 0 aliphatic heterocycles. The quantitative estimate of drug-likeness (QED) is 0.922. The van der Waals surface area contributed by atoms with E-state index in [9.17, 15) is 9.90 Å². The third kappa shape index (κ3) is 2.83.